The van der Waals surface area contributed by atoms with Gasteiger partial charge in [-0.2, -0.15) is 0 Å². The topological polar surface area (TPSA) is 17.6 Å². The molecule has 2 rings (SSSR count). The maximum absolute atomic E-state index is 3.57. The van der Waals surface area contributed by atoms with E-state index in [1.165, 1.54) is 0 Å². The number of hydrogen-bond acceptors (Lipinski definition) is 0. The van der Waals surface area contributed by atoms with E-state index in [4.69, 9.17) is 0 Å². The van der Waals surface area contributed by atoms with Crippen LogP contribution in [0.25, 0.3) is 0 Å². The zero-order valence-electron chi connectivity index (χ0n) is 16.3. The summed E-state index contributed by atoms with van der Waals surface area (Å²) >= 11 is 34.9. The minimum Gasteiger partial charge on any atom is -1.00 e. The molecule has 0 bridgehead atoms. The molecule has 0 amide bonds. The van der Waals surface area contributed by atoms with Crippen LogP contribution in [0.1, 0.15) is 13.8 Å². The van der Waals surface area contributed by atoms with Gasteiger partial charge in [-0.15, -0.1) is 0 Å². The first-order valence-electron chi connectivity index (χ1n) is 8.20. The smallest absolute Gasteiger partial charge is 0.327 e. The van der Waals surface area contributed by atoms with Crippen molar-refractivity contribution in [2.24, 2.45) is 0 Å². The summed E-state index contributed by atoms with van der Waals surface area (Å²) in [5.74, 6) is 0. The predicted molar refractivity (Wildman–Crippen MR) is 159 cm³/mol. The van der Waals surface area contributed by atoms with Gasteiger partial charge in [-0.1, -0.05) is 63.7 Å². The maximum Gasteiger partial charge on any atom is 0.327 e. The Morgan fingerprint density at radius 1 is 0.688 bits per heavy atom. The second-order valence-corrected chi connectivity index (χ2v) is 12.8. The number of imidazole rings is 2. The third kappa shape index (κ3) is 10.1. The molecule has 0 fully saturated rings. The first kappa shape index (κ1) is 37.8. The van der Waals surface area contributed by atoms with Crippen molar-refractivity contribution in [1.29, 1.82) is 0 Å². The van der Waals surface area contributed by atoms with Gasteiger partial charge in [-0.25, -0.2) is 18.3 Å². The molecule has 0 spiro atoms. The molecule has 0 N–H and O–H groups in total. The summed E-state index contributed by atoms with van der Waals surface area (Å²) in [7, 11) is 0. The van der Waals surface area contributed by atoms with Gasteiger partial charge in [0.1, 0.15) is 13.1 Å². The first-order valence-corrected chi connectivity index (χ1v) is 16.4. The Bertz CT molecular complexity index is 872. The standard InChI is InChI=1S/2C8H8Br5N2.2BrH/c2*1-2-14-6(11)7(12)15(8(14)13)4-5(10)3-9;;/h2*3H,2,4H2,1H3;2*1H/q2*+1;;/p-2/b2*5-3-;;. The van der Waals surface area contributed by atoms with Gasteiger partial charge in [-0.05, 0) is 23.8 Å². The minimum absolute atomic E-state index is 0. The fourth-order valence-corrected chi connectivity index (χ4v) is 7.72. The van der Waals surface area contributed by atoms with E-state index in [2.05, 4.69) is 191 Å². The molecule has 2 aromatic heterocycles. The molecular weight excluding hydrogens is 1210 g/mol. The summed E-state index contributed by atoms with van der Waals surface area (Å²) in [6.07, 6.45) is 0. The Balaban J connectivity index is 0. The average molecular weight is 1220 g/mol. The van der Waals surface area contributed by atoms with E-state index in [1.807, 2.05) is 9.97 Å². The van der Waals surface area contributed by atoms with Crippen LogP contribution in [0.2, 0.25) is 0 Å². The molecule has 16 heteroatoms. The van der Waals surface area contributed by atoms with Gasteiger partial charge in [0.2, 0.25) is 18.4 Å². The number of rotatable bonds is 6. The third-order valence-corrected chi connectivity index (χ3v) is 13.0. The third-order valence-electron chi connectivity index (χ3n) is 3.67. The molecule has 4 nitrogen and oxygen atoms in total. The quantitative estimate of drug-likeness (QED) is 0.396. The van der Waals surface area contributed by atoms with Crippen LogP contribution in [-0.2, 0) is 26.2 Å². The van der Waals surface area contributed by atoms with E-state index in [9.17, 15) is 0 Å². The second kappa shape index (κ2) is 18.8. The summed E-state index contributed by atoms with van der Waals surface area (Å²) in [4.78, 5) is 3.71. The van der Waals surface area contributed by atoms with Crippen molar-refractivity contribution < 1.29 is 43.1 Å². The van der Waals surface area contributed by atoms with Crippen molar-refractivity contribution in [3.63, 3.8) is 0 Å². The van der Waals surface area contributed by atoms with Crippen LogP contribution in [0.15, 0.2) is 46.8 Å². The lowest BCUT2D eigenvalue weighted by Crippen LogP contribution is -3.00. The summed E-state index contributed by atoms with van der Waals surface area (Å²) in [5.41, 5.74) is 0. The van der Waals surface area contributed by atoms with Gasteiger partial charge in [0.05, 0.1) is 13.1 Å². The number of nitrogens with zero attached hydrogens (tertiary/aromatic N) is 4. The number of hydrogen-bond donors (Lipinski definition) is 0. The van der Waals surface area contributed by atoms with Gasteiger partial charge in [0.25, 0.3) is 0 Å². The Morgan fingerprint density at radius 2 is 0.969 bits per heavy atom. The van der Waals surface area contributed by atoms with Crippen molar-refractivity contribution >= 4 is 159 Å². The van der Waals surface area contributed by atoms with E-state index in [0.717, 1.165) is 63.0 Å². The monoisotopic (exact) mass is 1210 g/mol. The molecule has 0 unspecified atom stereocenters. The number of allylic oxidation sites excluding steroid dienone is 2. The van der Waals surface area contributed by atoms with Crippen molar-refractivity contribution in [3.8, 4) is 0 Å². The van der Waals surface area contributed by atoms with E-state index < -0.39 is 0 Å². The molecular formula is C16H16Br12N4. The normalized spacial score (nSPS) is 11.5. The Labute approximate surface area is 293 Å². The maximum atomic E-state index is 3.57. The molecule has 0 radical (unpaired) electrons. The fourth-order valence-electron chi connectivity index (χ4n) is 2.24. The SMILES string of the molecule is CCn1c(Br)c(Br)[n+](C/C(Br)=C/Br)c1Br.CCn1c(Br)c(Br)[n+](C/C(Br)=C/Br)c1Br.[Br-].[Br-]. The highest BCUT2D eigenvalue weighted by Gasteiger charge is 2.26. The Morgan fingerprint density at radius 3 is 1.16 bits per heavy atom. The van der Waals surface area contributed by atoms with Crippen LogP contribution in [0, 0.1) is 0 Å². The lowest BCUT2D eigenvalue weighted by molar-refractivity contribution is -0.708. The predicted octanol–water partition coefficient (Wildman–Crippen LogP) is 3.44. The molecule has 184 valence electrons. The van der Waals surface area contributed by atoms with Gasteiger partial charge >= 0.3 is 9.47 Å². The molecule has 0 aliphatic heterocycles. The molecule has 2 aromatic rings. The van der Waals surface area contributed by atoms with E-state index in [-0.39, 0.29) is 34.0 Å². The Kier molecular flexibility index (Phi) is 22.3. The van der Waals surface area contributed by atoms with Crippen LogP contribution < -0.4 is 43.1 Å². The summed E-state index contributed by atoms with van der Waals surface area (Å²) in [6.45, 7) is 7.53. The van der Waals surface area contributed by atoms with E-state index >= 15 is 0 Å². The van der Waals surface area contributed by atoms with Crippen LogP contribution >= 0.6 is 159 Å². The first-order chi connectivity index (χ1) is 14.0. The zero-order valence-corrected chi connectivity index (χ0v) is 35.3. The lowest BCUT2D eigenvalue weighted by Gasteiger charge is -1.97. The lowest BCUT2D eigenvalue weighted by atomic mass is 10.6. The van der Waals surface area contributed by atoms with Crippen molar-refractivity contribution in [3.05, 3.63) is 46.8 Å². The molecule has 0 atom stereocenters. The van der Waals surface area contributed by atoms with Gasteiger partial charge in [-0.3, -0.25) is 0 Å². The van der Waals surface area contributed by atoms with Crippen LogP contribution in [-0.4, -0.2) is 9.13 Å². The van der Waals surface area contributed by atoms with Crippen molar-refractivity contribution in [1.82, 2.24) is 9.13 Å². The molecule has 0 aliphatic rings. The molecule has 0 aromatic carbocycles. The van der Waals surface area contributed by atoms with E-state index in [0.29, 0.717) is 0 Å². The summed E-state index contributed by atoms with van der Waals surface area (Å²) in [6, 6.07) is 0. The fraction of sp³-hybridized carbons (Fsp3) is 0.375. The highest BCUT2D eigenvalue weighted by Crippen LogP contribution is 2.27. The molecule has 2 heterocycles. The van der Waals surface area contributed by atoms with Crippen molar-refractivity contribution in [2.45, 2.75) is 40.0 Å². The van der Waals surface area contributed by atoms with E-state index in [1.54, 1.807) is 0 Å². The highest BCUT2D eigenvalue weighted by molar-refractivity contribution is 9.14. The van der Waals surface area contributed by atoms with Crippen LogP contribution in [0.3, 0.4) is 0 Å². The molecule has 32 heavy (non-hydrogen) atoms. The highest BCUT2D eigenvalue weighted by atomic mass is 79.9. The molecule has 0 saturated carbocycles. The van der Waals surface area contributed by atoms with Gasteiger partial charge in [0, 0.05) is 105 Å². The number of halogens is 12. The minimum atomic E-state index is 0. The van der Waals surface area contributed by atoms with Crippen LogP contribution in [0.5, 0.6) is 0 Å². The average Bonchev–Trinajstić information content (AvgIpc) is 3.06. The molecule has 0 saturated heterocycles. The largest absolute Gasteiger partial charge is 1.00 e. The van der Waals surface area contributed by atoms with Gasteiger partial charge < -0.3 is 34.0 Å². The van der Waals surface area contributed by atoms with Gasteiger partial charge in [0.15, 0.2) is 0 Å². The Hall–Kier alpha value is 3.66. The van der Waals surface area contributed by atoms with Crippen molar-refractivity contribution in [2.75, 3.05) is 0 Å². The summed E-state index contributed by atoms with van der Waals surface area (Å²) < 4.78 is 16.7. The second-order valence-electron chi connectivity index (χ2n) is 5.47. The van der Waals surface area contributed by atoms with Crippen LogP contribution in [0.4, 0.5) is 0 Å². The summed E-state index contributed by atoms with van der Waals surface area (Å²) in [5, 5.41) is 0. The zero-order chi connectivity index (χ0) is 23.2. The number of aromatic nitrogens is 4. The molecule has 0 aliphatic carbocycles.